The van der Waals surface area contributed by atoms with E-state index in [1.165, 1.54) is 30.5 Å². The Morgan fingerprint density at radius 1 is 1.09 bits per heavy atom. The van der Waals surface area contributed by atoms with Gasteiger partial charge in [0.05, 0.1) is 28.9 Å². The first-order valence-corrected chi connectivity index (χ1v) is 11.5. The topological polar surface area (TPSA) is 113 Å². The van der Waals surface area contributed by atoms with E-state index in [2.05, 4.69) is 31.8 Å². The van der Waals surface area contributed by atoms with Gasteiger partial charge in [0.25, 0.3) is 0 Å². The van der Waals surface area contributed by atoms with Crippen LogP contribution in [-0.4, -0.2) is 24.6 Å². The van der Waals surface area contributed by atoms with Crippen LogP contribution in [-0.2, 0) is 16.2 Å². The molecular weight excluding hydrogens is 512 g/mol. The fraction of sp³-hybridized carbons (Fsp3) is 0.154. The molecule has 0 aliphatic rings. The number of hydrazone groups is 1. The molecule has 0 heterocycles. The van der Waals surface area contributed by atoms with Gasteiger partial charge in [-0.15, -0.1) is 0 Å². The van der Waals surface area contributed by atoms with Gasteiger partial charge in [-0.2, -0.15) is 10.4 Å². The number of rotatable bonds is 8. The molecule has 9 heteroatoms. The Labute approximate surface area is 211 Å². The lowest BCUT2D eigenvalue weighted by Crippen LogP contribution is -2.32. The maximum atomic E-state index is 12.1. The minimum absolute atomic E-state index is 0.378. The smallest absolute Gasteiger partial charge is 0.329 e. The van der Waals surface area contributed by atoms with E-state index in [1.807, 2.05) is 44.2 Å². The van der Waals surface area contributed by atoms with E-state index in [0.29, 0.717) is 46.0 Å². The van der Waals surface area contributed by atoms with Crippen molar-refractivity contribution >= 4 is 39.6 Å². The highest BCUT2D eigenvalue weighted by molar-refractivity contribution is 9.10. The molecule has 35 heavy (non-hydrogen) atoms. The molecule has 0 unspecified atom stereocenters. The van der Waals surface area contributed by atoms with Gasteiger partial charge in [0.1, 0.15) is 6.61 Å². The number of hydrogen-bond acceptors (Lipinski definition) is 6. The lowest BCUT2D eigenvalue weighted by Gasteiger charge is -2.15. The Balaban J connectivity index is 1.64. The van der Waals surface area contributed by atoms with E-state index in [4.69, 9.17) is 14.7 Å². The van der Waals surface area contributed by atoms with Gasteiger partial charge in [-0.05, 0) is 82.9 Å². The van der Waals surface area contributed by atoms with E-state index < -0.39 is 11.8 Å². The highest BCUT2D eigenvalue weighted by atomic mass is 79.9. The van der Waals surface area contributed by atoms with Gasteiger partial charge >= 0.3 is 11.8 Å². The number of nitriles is 1. The fourth-order valence-electron chi connectivity index (χ4n) is 3.02. The van der Waals surface area contributed by atoms with Crippen molar-refractivity contribution in [2.24, 2.45) is 5.10 Å². The van der Waals surface area contributed by atoms with Crippen molar-refractivity contribution in [1.82, 2.24) is 5.43 Å². The number of nitrogens with zero attached hydrogens (tertiary/aromatic N) is 2. The lowest BCUT2D eigenvalue weighted by molar-refractivity contribution is -0.136. The number of carbonyl (C=O) groups excluding carboxylic acids is 2. The van der Waals surface area contributed by atoms with Crippen LogP contribution in [0.4, 0.5) is 5.69 Å². The molecule has 0 fully saturated rings. The fourth-order valence-corrected chi connectivity index (χ4v) is 3.59. The van der Waals surface area contributed by atoms with Crippen molar-refractivity contribution in [3.05, 3.63) is 87.4 Å². The van der Waals surface area contributed by atoms with Crippen molar-refractivity contribution in [2.45, 2.75) is 20.5 Å². The highest BCUT2D eigenvalue weighted by Crippen LogP contribution is 2.37. The highest BCUT2D eigenvalue weighted by Gasteiger charge is 2.14. The average molecular weight is 535 g/mol. The zero-order chi connectivity index (χ0) is 25.2. The van der Waals surface area contributed by atoms with Gasteiger partial charge in [0.2, 0.25) is 0 Å². The maximum Gasteiger partial charge on any atom is 0.329 e. The second kappa shape index (κ2) is 12.3. The summed E-state index contributed by atoms with van der Waals surface area (Å²) >= 11 is 3.51. The molecular formula is C26H23BrN4O4. The van der Waals surface area contributed by atoms with Crippen molar-refractivity contribution in [3.8, 4) is 17.6 Å². The number of hydrogen-bond donors (Lipinski definition) is 2. The summed E-state index contributed by atoms with van der Waals surface area (Å²) in [6.07, 6.45) is 1.39. The third-order valence-electron chi connectivity index (χ3n) is 4.82. The first-order chi connectivity index (χ1) is 16.9. The summed E-state index contributed by atoms with van der Waals surface area (Å²) in [4.78, 5) is 24.1. The largest absolute Gasteiger partial charge is 0.490 e. The summed E-state index contributed by atoms with van der Waals surface area (Å²) in [7, 11) is 0. The predicted octanol–water partition coefficient (Wildman–Crippen LogP) is 4.70. The van der Waals surface area contributed by atoms with Crippen molar-refractivity contribution < 1.29 is 19.1 Å². The molecule has 2 amide bonds. The monoisotopic (exact) mass is 534 g/mol. The zero-order valence-corrected chi connectivity index (χ0v) is 20.8. The summed E-state index contributed by atoms with van der Waals surface area (Å²) in [6.45, 7) is 4.70. The van der Waals surface area contributed by atoms with Crippen LogP contribution < -0.4 is 20.2 Å². The summed E-state index contributed by atoms with van der Waals surface area (Å²) < 4.78 is 12.4. The van der Waals surface area contributed by atoms with Gasteiger partial charge in [-0.3, -0.25) is 9.59 Å². The number of carbonyl (C=O) groups is 2. The van der Waals surface area contributed by atoms with Crippen LogP contribution in [0.15, 0.2) is 70.2 Å². The normalized spacial score (nSPS) is 10.5. The third-order valence-corrected chi connectivity index (χ3v) is 5.41. The van der Waals surface area contributed by atoms with Crippen LogP contribution in [0.2, 0.25) is 0 Å². The molecule has 0 spiro atoms. The van der Waals surface area contributed by atoms with Gasteiger partial charge in [-0.25, -0.2) is 5.43 Å². The molecule has 0 aromatic heterocycles. The maximum absolute atomic E-state index is 12.1. The van der Waals surface area contributed by atoms with Gasteiger partial charge in [-0.1, -0.05) is 24.3 Å². The van der Waals surface area contributed by atoms with Crippen molar-refractivity contribution in [1.29, 1.82) is 5.26 Å². The second-order valence-electron chi connectivity index (χ2n) is 7.32. The molecule has 0 aliphatic heterocycles. The Bertz CT molecular complexity index is 1280. The Morgan fingerprint density at radius 3 is 2.51 bits per heavy atom. The van der Waals surface area contributed by atoms with Crippen molar-refractivity contribution in [3.63, 3.8) is 0 Å². The number of benzene rings is 3. The Morgan fingerprint density at radius 2 is 1.83 bits per heavy atom. The number of nitrogens with one attached hydrogen (secondary N) is 2. The van der Waals surface area contributed by atoms with Crippen LogP contribution >= 0.6 is 15.9 Å². The van der Waals surface area contributed by atoms with Crippen molar-refractivity contribution in [2.75, 3.05) is 11.9 Å². The molecule has 2 N–H and O–H groups in total. The second-order valence-corrected chi connectivity index (χ2v) is 8.17. The third kappa shape index (κ3) is 7.16. The molecule has 3 aromatic rings. The van der Waals surface area contributed by atoms with E-state index in [0.717, 1.165) is 11.1 Å². The van der Waals surface area contributed by atoms with Gasteiger partial charge in [0, 0.05) is 5.69 Å². The minimum atomic E-state index is -0.937. The number of anilines is 1. The van der Waals surface area contributed by atoms with E-state index in [9.17, 15) is 9.59 Å². The standard InChI is InChI=1S/C26H23BrN4O4/c1-3-34-23-13-19(12-22(27)24(23)35-16-20-7-5-4-6-17(20)2)15-29-31-26(33)25(32)30-21-10-8-18(14-28)9-11-21/h4-13,15H,3,16H2,1-2H3,(H,30,32)(H,31,33)/b29-15+. The Kier molecular flexibility index (Phi) is 8.98. The first kappa shape index (κ1) is 25.5. The quantitative estimate of drug-likeness (QED) is 0.247. The number of amides is 2. The van der Waals surface area contributed by atoms with E-state index in [1.54, 1.807) is 12.1 Å². The summed E-state index contributed by atoms with van der Waals surface area (Å²) in [5, 5.41) is 15.1. The molecule has 0 aliphatic carbocycles. The SMILES string of the molecule is CCOc1cc(/C=N/NC(=O)C(=O)Nc2ccc(C#N)cc2)cc(Br)c1OCc1ccccc1C. The van der Waals surface area contributed by atoms with Crippen LogP contribution in [0.5, 0.6) is 11.5 Å². The molecule has 0 saturated carbocycles. The molecule has 0 bridgehead atoms. The molecule has 0 radical (unpaired) electrons. The molecule has 3 rings (SSSR count). The van der Waals surface area contributed by atoms with Crippen LogP contribution in [0.1, 0.15) is 29.2 Å². The van der Waals surface area contributed by atoms with Crippen LogP contribution in [0.25, 0.3) is 0 Å². The Hall–Kier alpha value is -4.16. The zero-order valence-electron chi connectivity index (χ0n) is 19.2. The first-order valence-electron chi connectivity index (χ1n) is 10.7. The molecule has 178 valence electrons. The average Bonchev–Trinajstić information content (AvgIpc) is 2.85. The number of halogens is 1. The van der Waals surface area contributed by atoms with E-state index in [-0.39, 0.29) is 0 Å². The summed E-state index contributed by atoms with van der Waals surface area (Å²) in [5.74, 6) is -0.754. The molecule has 0 saturated heterocycles. The van der Waals surface area contributed by atoms with Gasteiger partial charge in [0.15, 0.2) is 11.5 Å². The molecule has 8 nitrogen and oxygen atoms in total. The predicted molar refractivity (Wildman–Crippen MR) is 136 cm³/mol. The number of aryl methyl sites for hydroxylation is 1. The summed E-state index contributed by atoms with van der Waals surface area (Å²) in [5.41, 5.74) is 5.84. The molecule has 3 aromatic carbocycles. The van der Waals surface area contributed by atoms with E-state index >= 15 is 0 Å². The van der Waals surface area contributed by atoms with Crippen LogP contribution in [0.3, 0.4) is 0 Å². The number of ether oxygens (including phenoxy) is 2. The lowest BCUT2D eigenvalue weighted by atomic mass is 10.1. The van der Waals surface area contributed by atoms with Crippen LogP contribution in [0, 0.1) is 18.3 Å². The van der Waals surface area contributed by atoms with Gasteiger partial charge < -0.3 is 14.8 Å². The summed E-state index contributed by atoms with van der Waals surface area (Å²) in [6, 6.07) is 19.6. The molecule has 0 atom stereocenters. The minimum Gasteiger partial charge on any atom is -0.490 e.